The molecule has 1 aromatic rings. The first-order valence-corrected chi connectivity index (χ1v) is 7.92. The van der Waals surface area contributed by atoms with Gasteiger partial charge in [-0.15, -0.1) is 0 Å². The van der Waals surface area contributed by atoms with E-state index in [9.17, 15) is 4.79 Å². The van der Waals surface area contributed by atoms with Gasteiger partial charge in [-0.2, -0.15) is 0 Å². The number of nitrogens with one attached hydrogen (secondary N) is 1. The Hall–Kier alpha value is -1.55. The van der Waals surface area contributed by atoms with Crippen LogP contribution in [-0.4, -0.2) is 19.1 Å². The summed E-state index contributed by atoms with van der Waals surface area (Å²) in [5.74, 6) is 1.45. The highest BCUT2D eigenvalue weighted by atomic mass is 16.5. The van der Waals surface area contributed by atoms with E-state index in [1.807, 2.05) is 31.2 Å². The van der Waals surface area contributed by atoms with Gasteiger partial charge in [0.05, 0.1) is 6.61 Å². The largest absolute Gasteiger partial charge is 0.494 e. The fourth-order valence-corrected chi connectivity index (χ4v) is 2.44. The van der Waals surface area contributed by atoms with Crippen LogP contribution in [0.4, 0.5) is 5.69 Å². The van der Waals surface area contributed by atoms with Crippen LogP contribution in [0.15, 0.2) is 24.3 Å². The lowest BCUT2D eigenvalue weighted by Gasteiger charge is -2.14. The Balaban J connectivity index is 2.38. The molecule has 3 N–H and O–H groups in total. The lowest BCUT2D eigenvalue weighted by Crippen LogP contribution is -2.15. The standard InChI is InChI=1S/C17H28N2O2/c1-3-5-14(12-13-18)6-11-17(20)19-15-7-9-16(10-8-15)21-4-2/h7-10,14H,3-6,11-13,18H2,1-2H3,(H,19,20). The first-order valence-electron chi connectivity index (χ1n) is 7.92. The molecule has 4 heteroatoms. The minimum absolute atomic E-state index is 0.0669. The minimum Gasteiger partial charge on any atom is -0.494 e. The van der Waals surface area contributed by atoms with Gasteiger partial charge in [0.2, 0.25) is 5.91 Å². The summed E-state index contributed by atoms with van der Waals surface area (Å²) >= 11 is 0. The van der Waals surface area contributed by atoms with Crippen LogP contribution in [0.5, 0.6) is 5.75 Å². The van der Waals surface area contributed by atoms with Gasteiger partial charge in [-0.05, 0) is 56.5 Å². The number of carbonyl (C=O) groups excluding carboxylic acids is 1. The molecule has 1 rings (SSSR count). The molecular formula is C17H28N2O2. The molecule has 118 valence electrons. The molecule has 0 aliphatic heterocycles. The van der Waals surface area contributed by atoms with Crippen molar-refractivity contribution >= 4 is 11.6 Å². The van der Waals surface area contributed by atoms with Crippen molar-refractivity contribution < 1.29 is 9.53 Å². The lowest BCUT2D eigenvalue weighted by atomic mass is 9.94. The third-order valence-corrected chi connectivity index (χ3v) is 3.50. The van der Waals surface area contributed by atoms with E-state index in [1.54, 1.807) is 0 Å². The quantitative estimate of drug-likeness (QED) is 0.693. The summed E-state index contributed by atoms with van der Waals surface area (Å²) in [5.41, 5.74) is 6.43. The first-order chi connectivity index (χ1) is 10.2. The van der Waals surface area contributed by atoms with Gasteiger partial charge >= 0.3 is 0 Å². The molecule has 1 aromatic carbocycles. The molecule has 0 saturated heterocycles. The molecule has 0 heterocycles. The molecule has 0 radical (unpaired) electrons. The number of amides is 1. The summed E-state index contributed by atoms with van der Waals surface area (Å²) < 4.78 is 5.37. The Labute approximate surface area is 128 Å². The van der Waals surface area contributed by atoms with E-state index in [-0.39, 0.29) is 5.91 Å². The second-order valence-electron chi connectivity index (χ2n) is 5.28. The predicted octanol–water partition coefficient (Wildman–Crippen LogP) is 3.57. The monoisotopic (exact) mass is 292 g/mol. The van der Waals surface area contributed by atoms with Crippen molar-refractivity contribution in [2.75, 3.05) is 18.5 Å². The van der Waals surface area contributed by atoms with Crippen LogP contribution in [0, 0.1) is 5.92 Å². The third kappa shape index (κ3) is 7.14. The SMILES string of the molecule is CCCC(CCN)CCC(=O)Nc1ccc(OCC)cc1. The van der Waals surface area contributed by atoms with Gasteiger partial charge in [-0.3, -0.25) is 4.79 Å². The smallest absolute Gasteiger partial charge is 0.224 e. The highest BCUT2D eigenvalue weighted by molar-refractivity contribution is 5.90. The fraction of sp³-hybridized carbons (Fsp3) is 0.588. The van der Waals surface area contributed by atoms with Gasteiger partial charge in [-0.1, -0.05) is 19.8 Å². The summed E-state index contributed by atoms with van der Waals surface area (Å²) in [7, 11) is 0. The van der Waals surface area contributed by atoms with Crippen molar-refractivity contribution in [3.8, 4) is 5.75 Å². The second kappa shape index (κ2) is 10.2. The highest BCUT2D eigenvalue weighted by Crippen LogP contribution is 2.19. The molecule has 0 fully saturated rings. The van der Waals surface area contributed by atoms with Crippen molar-refractivity contribution in [1.82, 2.24) is 0 Å². The summed E-state index contributed by atoms with van der Waals surface area (Å²) in [6.07, 6.45) is 4.76. The van der Waals surface area contributed by atoms with Crippen LogP contribution in [0.1, 0.15) is 46.0 Å². The molecule has 1 amide bonds. The van der Waals surface area contributed by atoms with E-state index >= 15 is 0 Å². The van der Waals surface area contributed by atoms with Crippen molar-refractivity contribution in [2.24, 2.45) is 11.7 Å². The van der Waals surface area contributed by atoms with Gasteiger partial charge in [-0.25, -0.2) is 0 Å². The molecule has 1 atom stereocenters. The Morgan fingerprint density at radius 3 is 2.48 bits per heavy atom. The lowest BCUT2D eigenvalue weighted by molar-refractivity contribution is -0.116. The second-order valence-corrected chi connectivity index (χ2v) is 5.28. The van der Waals surface area contributed by atoms with Crippen molar-refractivity contribution in [3.63, 3.8) is 0 Å². The van der Waals surface area contributed by atoms with E-state index < -0.39 is 0 Å². The Kier molecular flexibility index (Phi) is 8.51. The molecule has 0 aromatic heterocycles. The minimum atomic E-state index is 0.0669. The van der Waals surface area contributed by atoms with Gasteiger partial charge in [0.15, 0.2) is 0 Å². The van der Waals surface area contributed by atoms with Crippen LogP contribution in [-0.2, 0) is 4.79 Å². The third-order valence-electron chi connectivity index (χ3n) is 3.50. The number of hydrogen-bond donors (Lipinski definition) is 2. The van der Waals surface area contributed by atoms with E-state index in [1.165, 1.54) is 0 Å². The maximum atomic E-state index is 12.0. The van der Waals surface area contributed by atoms with Crippen LogP contribution in [0.3, 0.4) is 0 Å². The highest BCUT2D eigenvalue weighted by Gasteiger charge is 2.10. The van der Waals surface area contributed by atoms with Gasteiger partial charge in [0.25, 0.3) is 0 Å². The molecule has 0 aliphatic rings. The maximum Gasteiger partial charge on any atom is 0.224 e. The van der Waals surface area contributed by atoms with E-state index in [4.69, 9.17) is 10.5 Å². The zero-order valence-corrected chi connectivity index (χ0v) is 13.2. The molecular weight excluding hydrogens is 264 g/mol. The molecule has 4 nitrogen and oxygen atoms in total. The molecule has 1 unspecified atom stereocenters. The van der Waals surface area contributed by atoms with Crippen molar-refractivity contribution in [1.29, 1.82) is 0 Å². The Bertz CT molecular complexity index is 398. The number of anilines is 1. The zero-order chi connectivity index (χ0) is 15.5. The summed E-state index contributed by atoms with van der Waals surface area (Å²) in [5, 5.41) is 2.93. The molecule has 0 saturated carbocycles. The maximum absolute atomic E-state index is 12.0. The van der Waals surface area contributed by atoms with Crippen molar-refractivity contribution in [3.05, 3.63) is 24.3 Å². The number of benzene rings is 1. The summed E-state index contributed by atoms with van der Waals surface area (Å²) in [6.45, 7) is 5.46. The first kappa shape index (κ1) is 17.5. The average molecular weight is 292 g/mol. The van der Waals surface area contributed by atoms with Crippen LogP contribution in [0.2, 0.25) is 0 Å². The molecule has 0 bridgehead atoms. The Morgan fingerprint density at radius 1 is 1.19 bits per heavy atom. The molecule has 0 spiro atoms. The summed E-state index contributed by atoms with van der Waals surface area (Å²) in [4.78, 5) is 12.0. The molecule has 21 heavy (non-hydrogen) atoms. The number of hydrogen-bond acceptors (Lipinski definition) is 3. The predicted molar refractivity (Wildman–Crippen MR) is 87.5 cm³/mol. The van der Waals surface area contributed by atoms with Crippen LogP contribution < -0.4 is 15.8 Å². The van der Waals surface area contributed by atoms with Gasteiger partial charge in [0, 0.05) is 12.1 Å². The van der Waals surface area contributed by atoms with Crippen LogP contribution in [0.25, 0.3) is 0 Å². The van der Waals surface area contributed by atoms with Gasteiger partial charge < -0.3 is 15.8 Å². The summed E-state index contributed by atoms with van der Waals surface area (Å²) in [6, 6.07) is 7.47. The number of rotatable bonds is 10. The van der Waals surface area contributed by atoms with E-state index in [0.29, 0.717) is 25.5 Å². The number of ether oxygens (including phenoxy) is 1. The van der Waals surface area contributed by atoms with Gasteiger partial charge in [0.1, 0.15) is 5.75 Å². The normalized spacial score (nSPS) is 12.0. The van der Waals surface area contributed by atoms with E-state index in [2.05, 4.69) is 12.2 Å². The van der Waals surface area contributed by atoms with E-state index in [0.717, 1.165) is 37.1 Å². The number of carbonyl (C=O) groups is 1. The topological polar surface area (TPSA) is 64.4 Å². The Morgan fingerprint density at radius 2 is 1.90 bits per heavy atom. The van der Waals surface area contributed by atoms with Crippen LogP contribution >= 0.6 is 0 Å². The number of nitrogens with two attached hydrogens (primary N) is 1. The fourth-order valence-electron chi connectivity index (χ4n) is 2.44. The van der Waals surface area contributed by atoms with Crippen molar-refractivity contribution in [2.45, 2.75) is 46.0 Å². The average Bonchev–Trinajstić information content (AvgIpc) is 2.48. The zero-order valence-electron chi connectivity index (χ0n) is 13.2. The molecule has 0 aliphatic carbocycles.